The molecule has 1 aromatic rings. The molecule has 1 aliphatic rings. The van der Waals surface area contributed by atoms with Crippen LogP contribution in [0.1, 0.15) is 44.8 Å². The van der Waals surface area contributed by atoms with Crippen LogP contribution in [0.2, 0.25) is 0 Å². The lowest BCUT2D eigenvalue weighted by molar-refractivity contribution is 0.0127. The smallest absolute Gasteiger partial charge is 0.0947 e. The van der Waals surface area contributed by atoms with Gasteiger partial charge in [-0.3, -0.25) is 4.90 Å². The summed E-state index contributed by atoms with van der Waals surface area (Å²) >= 11 is 0. The zero-order chi connectivity index (χ0) is 13.0. The summed E-state index contributed by atoms with van der Waals surface area (Å²) in [5.41, 5.74) is 1.04. The Morgan fingerprint density at radius 1 is 1.00 bits per heavy atom. The topological polar surface area (TPSA) is 23.5 Å². The summed E-state index contributed by atoms with van der Waals surface area (Å²) in [6.07, 6.45) is 3.50. The number of hydrogen-bond donors (Lipinski definition) is 1. The van der Waals surface area contributed by atoms with Crippen molar-refractivity contribution in [3.05, 3.63) is 35.9 Å². The molecule has 0 saturated carbocycles. The highest BCUT2D eigenvalue weighted by atomic mass is 16.3. The van der Waals surface area contributed by atoms with E-state index in [0.29, 0.717) is 5.92 Å². The van der Waals surface area contributed by atoms with E-state index in [1.807, 2.05) is 30.3 Å². The highest BCUT2D eigenvalue weighted by molar-refractivity contribution is 5.19. The Morgan fingerprint density at radius 3 is 2.17 bits per heavy atom. The van der Waals surface area contributed by atoms with Crippen molar-refractivity contribution >= 4 is 0 Å². The lowest BCUT2D eigenvalue weighted by Crippen LogP contribution is -2.45. The quantitative estimate of drug-likeness (QED) is 0.883. The maximum absolute atomic E-state index is 10.7. The molecule has 2 heteroatoms. The molecule has 1 aromatic carbocycles. The molecular formula is C16H25NO. The Hall–Kier alpha value is -0.860. The second kappa shape index (κ2) is 6.35. The van der Waals surface area contributed by atoms with Gasteiger partial charge in [0.15, 0.2) is 0 Å². The predicted molar refractivity (Wildman–Crippen MR) is 75.5 cm³/mol. The molecular weight excluding hydrogens is 222 g/mol. The van der Waals surface area contributed by atoms with Gasteiger partial charge in [0, 0.05) is 6.04 Å². The van der Waals surface area contributed by atoms with Gasteiger partial charge in [-0.1, -0.05) is 50.6 Å². The van der Waals surface area contributed by atoms with E-state index in [2.05, 4.69) is 18.7 Å². The molecule has 1 heterocycles. The van der Waals surface area contributed by atoms with Gasteiger partial charge in [0.25, 0.3) is 0 Å². The van der Waals surface area contributed by atoms with Crippen molar-refractivity contribution in [2.75, 3.05) is 13.1 Å². The SMILES string of the molecule is CC(C)[C@@H]([C@H](O)c1ccccc1)N1CCCCC1. The van der Waals surface area contributed by atoms with Gasteiger partial charge >= 0.3 is 0 Å². The molecule has 0 bridgehead atoms. The van der Waals surface area contributed by atoms with Crippen LogP contribution in [-0.4, -0.2) is 29.1 Å². The molecule has 0 aromatic heterocycles. The predicted octanol–water partition coefficient (Wildman–Crippen LogP) is 3.23. The van der Waals surface area contributed by atoms with E-state index < -0.39 is 0 Å². The summed E-state index contributed by atoms with van der Waals surface area (Å²) in [5, 5.41) is 10.7. The lowest BCUT2D eigenvalue weighted by atomic mass is 9.90. The molecule has 0 spiro atoms. The summed E-state index contributed by atoms with van der Waals surface area (Å²) in [6.45, 7) is 6.69. The third kappa shape index (κ3) is 3.12. The standard InChI is InChI=1S/C16H25NO/c1-13(2)15(17-11-7-4-8-12-17)16(18)14-9-5-3-6-10-14/h3,5-6,9-10,13,15-16,18H,4,7-8,11-12H2,1-2H3/t15-,16+/m0/s1. The van der Waals surface area contributed by atoms with E-state index in [1.165, 1.54) is 19.3 Å². The first-order valence-electron chi connectivity index (χ1n) is 7.17. The summed E-state index contributed by atoms with van der Waals surface area (Å²) < 4.78 is 0. The van der Waals surface area contributed by atoms with Crippen molar-refractivity contribution in [1.82, 2.24) is 4.90 Å². The molecule has 2 atom stereocenters. The highest BCUT2D eigenvalue weighted by Gasteiger charge is 2.30. The van der Waals surface area contributed by atoms with Gasteiger partial charge < -0.3 is 5.11 Å². The van der Waals surface area contributed by atoms with Crippen LogP contribution in [-0.2, 0) is 0 Å². The summed E-state index contributed by atoms with van der Waals surface area (Å²) in [4.78, 5) is 2.48. The number of likely N-dealkylation sites (tertiary alicyclic amines) is 1. The summed E-state index contributed by atoms with van der Waals surface area (Å²) in [6, 6.07) is 10.3. The maximum atomic E-state index is 10.7. The van der Waals surface area contributed by atoms with E-state index in [0.717, 1.165) is 18.7 Å². The second-order valence-electron chi connectivity index (χ2n) is 5.69. The fourth-order valence-corrected chi connectivity index (χ4v) is 3.05. The molecule has 0 amide bonds. The number of hydrogen-bond acceptors (Lipinski definition) is 2. The lowest BCUT2D eigenvalue weighted by Gasteiger charge is -2.39. The molecule has 2 nitrogen and oxygen atoms in total. The van der Waals surface area contributed by atoms with Gasteiger partial charge in [-0.25, -0.2) is 0 Å². The molecule has 0 radical (unpaired) electrons. The molecule has 1 saturated heterocycles. The Bertz CT molecular complexity index is 343. The van der Waals surface area contributed by atoms with Crippen LogP contribution in [0.4, 0.5) is 0 Å². The first kappa shape index (κ1) is 13.6. The monoisotopic (exact) mass is 247 g/mol. The minimum absolute atomic E-state index is 0.243. The number of aliphatic hydroxyl groups excluding tert-OH is 1. The third-order valence-electron chi connectivity index (χ3n) is 3.96. The van der Waals surface area contributed by atoms with Gasteiger partial charge in [-0.15, -0.1) is 0 Å². The first-order chi connectivity index (χ1) is 8.70. The van der Waals surface area contributed by atoms with Crippen LogP contribution in [0.15, 0.2) is 30.3 Å². The molecule has 0 unspecified atom stereocenters. The van der Waals surface area contributed by atoms with Crippen LogP contribution in [0.25, 0.3) is 0 Å². The Kier molecular flexibility index (Phi) is 4.79. The number of rotatable bonds is 4. The van der Waals surface area contributed by atoms with E-state index in [-0.39, 0.29) is 12.1 Å². The molecule has 18 heavy (non-hydrogen) atoms. The summed E-state index contributed by atoms with van der Waals surface area (Å²) in [5.74, 6) is 0.471. The number of benzene rings is 1. The Balaban J connectivity index is 2.14. The fraction of sp³-hybridized carbons (Fsp3) is 0.625. The molecule has 1 fully saturated rings. The molecule has 1 aliphatic heterocycles. The first-order valence-corrected chi connectivity index (χ1v) is 7.17. The van der Waals surface area contributed by atoms with Crippen LogP contribution in [0.3, 0.4) is 0 Å². The van der Waals surface area contributed by atoms with E-state index in [4.69, 9.17) is 0 Å². The zero-order valence-electron chi connectivity index (χ0n) is 11.5. The largest absolute Gasteiger partial charge is 0.387 e. The zero-order valence-corrected chi connectivity index (χ0v) is 11.5. The van der Waals surface area contributed by atoms with Crippen molar-refractivity contribution < 1.29 is 5.11 Å². The maximum Gasteiger partial charge on any atom is 0.0947 e. The molecule has 1 N–H and O–H groups in total. The third-order valence-corrected chi connectivity index (χ3v) is 3.96. The van der Waals surface area contributed by atoms with Crippen molar-refractivity contribution in [2.24, 2.45) is 5.92 Å². The van der Waals surface area contributed by atoms with E-state index in [9.17, 15) is 5.11 Å². The van der Waals surface area contributed by atoms with Crippen molar-refractivity contribution in [3.63, 3.8) is 0 Å². The number of piperidine rings is 1. The van der Waals surface area contributed by atoms with Crippen molar-refractivity contribution in [3.8, 4) is 0 Å². The van der Waals surface area contributed by atoms with Crippen LogP contribution < -0.4 is 0 Å². The highest BCUT2D eigenvalue weighted by Crippen LogP contribution is 2.28. The Morgan fingerprint density at radius 2 is 1.61 bits per heavy atom. The molecule has 2 rings (SSSR count). The average molecular weight is 247 g/mol. The fourth-order valence-electron chi connectivity index (χ4n) is 3.05. The Labute approximate surface area is 111 Å². The summed E-state index contributed by atoms with van der Waals surface area (Å²) in [7, 11) is 0. The minimum atomic E-state index is -0.371. The van der Waals surface area contributed by atoms with Crippen LogP contribution in [0, 0.1) is 5.92 Å². The average Bonchev–Trinajstić information content (AvgIpc) is 2.40. The van der Waals surface area contributed by atoms with Crippen molar-refractivity contribution in [2.45, 2.75) is 45.3 Å². The van der Waals surface area contributed by atoms with Gasteiger partial charge in [0.05, 0.1) is 6.10 Å². The van der Waals surface area contributed by atoms with E-state index in [1.54, 1.807) is 0 Å². The van der Waals surface area contributed by atoms with Gasteiger partial charge in [0.1, 0.15) is 0 Å². The minimum Gasteiger partial charge on any atom is -0.387 e. The van der Waals surface area contributed by atoms with E-state index >= 15 is 0 Å². The van der Waals surface area contributed by atoms with Crippen LogP contribution >= 0.6 is 0 Å². The normalized spacial score (nSPS) is 20.9. The van der Waals surface area contributed by atoms with Gasteiger partial charge in [0.2, 0.25) is 0 Å². The number of nitrogens with zero attached hydrogens (tertiary/aromatic N) is 1. The van der Waals surface area contributed by atoms with Gasteiger partial charge in [-0.05, 0) is 37.4 Å². The van der Waals surface area contributed by atoms with Gasteiger partial charge in [-0.2, -0.15) is 0 Å². The van der Waals surface area contributed by atoms with Crippen molar-refractivity contribution in [1.29, 1.82) is 0 Å². The molecule has 0 aliphatic carbocycles. The van der Waals surface area contributed by atoms with Crippen LogP contribution in [0.5, 0.6) is 0 Å². The second-order valence-corrected chi connectivity index (χ2v) is 5.69. The number of aliphatic hydroxyl groups is 1. The molecule has 100 valence electrons.